The lowest BCUT2D eigenvalue weighted by Gasteiger charge is -2.25. The maximum Gasteiger partial charge on any atom is 0.193 e. The van der Waals surface area contributed by atoms with Crippen LogP contribution in [-0.4, -0.2) is 0 Å². The number of hydrogen-bond donors (Lipinski definition) is 0. The molecule has 0 N–H and O–H groups in total. The second-order valence-corrected chi connectivity index (χ2v) is 11.4. The van der Waals surface area contributed by atoms with Crippen molar-refractivity contribution in [1.82, 2.24) is 0 Å². The first-order valence-electron chi connectivity index (χ1n) is 9.05. The van der Waals surface area contributed by atoms with Gasteiger partial charge >= 0.3 is 0 Å². The van der Waals surface area contributed by atoms with Crippen molar-refractivity contribution in [2.45, 2.75) is 14.3 Å². The predicted molar refractivity (Wildman–Crippen MR) is 126 cm³/mol. The summed E-state index contributed by atoms with van der Waals surface area (Å²) in [6.45, 7) is 0. The first-order valence-corrected chi connectivity index (χ1v) is 12.4. The molecule has 2 nitrogen and oxygen atoms in total. The van der Waals surface area contributed by atoms with Gasteiger partial charge in [-0.05, 0) is 35.7 Å². The summed E-state index contributed by atoms with van der Waals surface area (Å²) >= 11 is 6.49. The van der Waals surface area contributed by atoms with E-state index in [4.69, 9.17) is 0 Å². The molecule has 0 bridgehead atoms. The largest absolute Gasteiger partial charge is 0.289 e. The van der Waals surface area contributed by atoms with E-state index < -0.39 is 0 Å². The number of hydrogen-bond acceptors (Lipinski definition) is 6. The standard InChI is InChI=1S/C23H12O2S4/c24-20-12-6-1-3-8-14(12)27-22-18(20)17(16-10-5-11-26-16)19-21(25)13-7-2-4-9-15(13)28-23(19)29-22/h1-11,17H. The van der Waals surface area contributed by atoms with Gasteiger partial charge in [0, 0.05) is 36.2 Å². The molecule has 0 atom stereocenters. The molecule has 0 spiro atoms. The Morgan fingerprint density at radius 2 is 1.21 bits per heavy atom. The van der Waals surface area contributed by atoms with Crippen molar-refractivity contribution in [3.63, 3.8) is 0 Å². The Bertz CT molecular complexity index is 1430. The van der Waals surface area contributed by atoms with Gasteiger partial charge in [-0.25, -0.2) is 0 Å². The van der Waals surface area contributed by atoms with Crippen LogP contribution >= 0.6 is 45.8 Å². The van der Waals surface area contributed by atoms with E-state index >= 15 is 0 Å². The third kappa shape index (κ3) is 2.60. The summed E-state index contributed by atoms with van der Waals surface area (Å²) < 4.78 is 3.99. The van der Waals surface area contributed by atoms with Crippen molar-refractivity contribution in [3.05, 3.63) is 102 Å². The SMILES string of the molecule is O=c1c2c(sc3ccccc13)Sc1sc3ccccc3c(=O)c1C2c1cccs1. The summed E-state index contributed by atoms with van der Waals surface area (Å²) in [5.41, 5.74) is 1.60. The quantitative estimate of drug-likeness (QED) is 0.286. The lowest BCUT2D eigenvalue weighted by atomic mass is 9.91. The van der Waals surface area contributed by atoms with E-state index in [1.165, 1.54) is 0 Å². The van der Waals surface area contributed by atoms with Crippen LogP contribution in [0.15, 0.2) is 84.1 Å². The van der Waals surface area contributed by atoms with Crippen molar-refractivity contribution in [2.24, 2.45) is 0 Å². The molecule has 0 fully saturated rings. The molecule has 29 heavy (non-hydrogen) atoms. The average Bonchev–Trinajstić information content (AvgIpc) is 3.27. The van der Waals surface area contributed by atoms with Crippen molar-refractivity contribution in [1.29, 1.82) is 0 Å². The highest BCUT2D eigenvalue weighted by Crippen LogP contribution is 2.51. The smallest absolute Gasteiger partial charge is 0.193 e. The van der Waals surface area contributed by atoms with Gasteiger partial charge in [0.25, 0.3) is 0 Å². The normalized spacial score (nSPS) is 13.5. The molecule has 0 radical (unpaired) electrons. The molecule has 6 rings (SSSR count). The minimum Gasteiger partial charge on any atom is -0.289 e. The summed E-state index contributed by atoms with van der Waals surface area (Å²) in [4.78, 5) is 28.2. The molecule has 0 saturated heterocycles. The first-order chi connectivity index (χ1) is 14.2. The Kier molecular flexibility index (Phi) is 4.03. The molecule has 1 aliphatic rings. The van der Waals surface area contributed by atoms with Crippen molar-refractivity contribution < 1.29 is 0 Å². The van der Waals surface area contributed by atoms with Crippen LogP contribution in [-0.2, 0) is 0 Å². The van der Waals surface area contributed by atoms with Crippen LogP contribution in [0.2, 0.25) is 0 Å². The summed E-state index contributed by atoms with van der Waals surface area (Å²) in [6.07, 6.45) is 0. The molecule has 1 aliphatic heterocycles. The molecule has 140 valence electrons. The van der Waals surface area contributed by atoms with Gasteiger partial charge in [0.15, 0.2) is 10.9 Å². The van der Waals surface area contributed by atoms with Gasteiger partial charge in [-0.2, -0.15) is 0 Å². The van der Waals surface area contributed by atoms with E-state index in [0.717, 1.165) is 44.6 Å². The maximum absolute atomic E-state index is 13.6. The van der Waals surface area contributed by atoms with E-state index in [0.29, 0.717) is 0 Å². The Balaban J connectivity index is 1.77. The number of thiophene rings is 1. The van der Waals surface area contributed by atoms with Crippen molar-refractivity contribution in [2.75, 3.05) is 0 Å². The molecule has 3 aromatic heterocycles. The van der Waals surface area contributed by atoms with Crippen molar-refractivity contribution >= 4 is 65.9 Å². The van der Waals surface area contributed by atoms with Crippen LogP contribution in [0.1, 0.15) is 21.9 Å². The van der Waals surface area contributed by atoms with Gasteiger partial charge in [-0.3, -0.25) is 9.59 Å². The Labute approximate surface area is 182 Å². The van der Waals surface area contributed by atoms with Gasteiger partial charge in [0.2, 0.25) is 0 Å². The summed E-state index contributed by atoms with van der Waals surface area (Å²) in [6, 6.07) is 19.6. The van der Waals surface area contributed by atoms with E-state index in [-0.39, 0.29) is 16.8 Å². The van der Waals surface area contributed by atoms with Crippen LogP contribution in [0, 0.1) is 0 Å². The van der Waals surface area contributed by atoms with Gasteiger partial charge in [0.1, 0.15) is 0 Å². The molecule has 4 heterocycles. The van der Waals surface area contributed by atoms with Crippen LogP contribution in [0.25, 0.3) is 20.2 Å². The number of benzene rings is 2. The van der Waals surface area contributed by atoms with E-state index in [9.17, 15) is 9.59 Å². The second-order valence-electron chi connectivity index (χ2n) is 6.81. The van der Waals surface area contributed by atoms with E-state index in [1.54, 1.807) is 45.8 Å². The number of fused-ring (bicyclic) bond motifs is 4. The maximum atomic E-state index is 13.6. The minimum atomic E-state index is -0.303. The molecule has 2 aromatic carbocycles. The molecular formula is C23H12O2S4. The predicted octanol–water partition coefficient (Wildman–Crippen LogP) is 6.54. The molecule has 0 aliphatic carbocycles. The summed E-state index contributed by atoms with van der Waals surface area (Å²) in [5, 5.41) is 3.48. The Morgan fingerprint density at radius 3 is 1.72 bits per heavy atom. The van der Waals surface area contributed by atoms with Gasteiger partial charge in [0.05, 0.1) is 14.3 Å². The molecule has 6 heteroatoms. The second kappa shape index (κ2) is 6.64. The van der Waals surface area contributed by atoms with Crippen molar-refractivity contribution in [3.8, 4) is 0 Å². The van der Waals surface area contributed by atoms with Gasteiger partial charge < -0.3 is 0 Å². The molecule has 0 amide bonds. The fraction of sp³-hybridized carbons (Fsp3) is 0.0435. The molecule has 0 unspecified atom stereocenters. The van der Waals surface area contributed by atoms with Crippen LogP contribution < -0.4 is 10.9 Å². The monoisotopic (exact) mass is 448 g/mol. The summed E-state index contributed by atoms with van der Waals surface area (Å²) in [7, 11) is 0. The Morgan fingerprint density at radius 1 is 0.655 bits per heavy atom. The lowest BCUT2D eigenvalue weighted by molar-refractivity contribution is 0.932. The summed E-state index contributed by atoms with van der Waals surface area (Å²) in [5.74, 6) is -0.303. The molecule has 5 aromatic rings. The highest BCUT2D eigenvalue weighted by molar-refractivity contribution is 8.03. The minimum absolute atomic E-state index is 0.0449. The average molecular weight is 449 g/mol. The fourth-order valence-electron chi connectivity index (χ4n) is 3.89. The third-order valence-electron chi connectivity index (χ3n) is 5.19. The van der Waals surface area contributed by atoms with Gasteiger partial charge in [-0.15, -0.1) is 34.0 Å². The van der Waals surface area contributed by atoms with E-state index in [2.05, 4.69) is 0 Å². The van der Waals surface area contributed by atoms with Crippen LogP contribution in [0.3, 0.4) is 0 Å². The molecule has 0 saturated carbocycles. The van der Waals surface area contributed by atoms with Gasteiger partial charge in [-0.1, -0.05) is 42.1 Å². The van der Waals surface area contributed by atoms with E-state index in [1.807, 2.05) is 66.0 Å². The zero-order valence-corrected chi connectivity index (χ0v) is 18.1. The Hall–Kier alpha value is -2.25. The third-order valence-corrected chi connectivity index (χ3v) is 9.90. The zero-order valence-electron chi connectivity index (χ0n) is 14.9. The molecular weight excluding hydrogens is 437 g/mol. The highest BCUT2D eigenvalue weighted by Gasteiger charge is 2.35. The number of rotatable bonds is 1. The first kappa shape index (κ1) is 17.6. The topological polar surface area (TPSA) is 34.1 Å². The zero-order chi connectivity index (χ0) is 19.5. The lowest BCUT2D eigenvalue weighted by Crippen LogP contribution is -2.24. The van der Waals surface area contributed by atoms with Crippen LogP contribution in [0.4, 0.5) is 0 Å². The fourth-order valence-corrected chi connectivity index (χ4v) is 8.95. The highest BCUT2D eigenvalue weighted by atomic mass is 32.2. The van der Waals surface area contributed by atoms with Crippen LogP contribution in [0.5, 0.6) is 0 Å².